The van der Waals surface area contributed by atoms with E-state index in [0.29, 0.717) is 18.8 Å². The molecule has 0 aliphatic heterocycles. The van der Waals surface area contributed by atoms with Gasteiger partial charge >= 0.3 is 12.3 Å². The second-order valence-corrected chi connectivity index (χ2v) is 10.1. The van der Waals surface area contributed by atoms with Crippen molar-refractivity contribution in [2.45, 2.75) is 64.5 Å². The van der Waals surface area contributed by atoms with E-state index in [2.05, 4.69) is 15.4 Å². The molecule has 3 atom stereocenters. The summed E-state index contributed by atoms with van der Waals surface area (Å²) in [5.41, 5.74) is 2.63. The minimum atomic E-state index is -4.56. The molecule has 2 aromatic carbocycles. The van der Waals surface area contributed by atoms with Crippen LogP contribution in [0.3, 0.4) is 0 Å². The molecule has 3 N–H and O–H groups in total. The molecule has 0 spiro atoms. The number of rotatable bonds is 12. The third-order valence-corrected chi connectivity index (χ3v) is 6.85. The molecule has 0 saturated heterocycles. The normalized spacial score (nSPS) is 13.6. The zero-order valence-corrected chi connectivity index (χ0v) is 24.4. The van der Waals surface area contributed by atoms with Gasteiger partial charge in [-0.3, -0.25) is 4.79 Å². The third kappa shape index (κ3) is 8.62. The Morgan fingerprint density at radius 1 is 1.12 bits per heavy atom. The summed E-state index contributed by atoms with van der Waals surface area (Å²) in [5, 5.41) is 15.0. The average molecular weight is 611 g/mol. The van der Waals surface area contributed by atoms with Gasteiger partial charge in [0.15, 0.2) is 6.10 Å². The molecule has 0 fully saturated rings. The molecule has 0 radical (unpaired) electrons. The summed E-state index contributed by atoms with van der Waals surface area (Å²) < 4.78 is 49.9. The number of hydrogen-bond acceptors (Lipinski definition) is 6. The highest BCUT2D eigenvalue weighted by molar-refractivity contribution is 6.32. The number of imidazole rings is 1. The highest BCUT2D eigenvalue weighted by Gasteiger charge is 2.38. The number of alkyl halides is 3. The van der Waals surface area contributed by atoms with Crippen molar-refractivity contribution in [1.82, 2.24) is 20.2 Å². The van der Waals surface area contributed by atoms with Crippen molar-refractivity contribution in [2.24, 2.45) is 0 Å². The lowest BCUT2D eigenvalue weighted by molar-refractivity contribution is -0.189. The second-order valence-electron chi connectivity index (χ2n) is 9.66. The number of nitrogens with one attached hydrogen (secondary N) is 2. The number of ether oxygens (including phenoxy) is 2. The first-order chi connectivity index (χ1) is 19.9. The fraction of sp³-hybridized carbons (Fsp3) is 0.414. The number of benzene rings is 2. The van der Waals surface area contributed by atoms with Crippen molar-refractivity contribution in [3.8, 4) is 17.0 Å². The lowest BCUT2D eigenvalue weighted by Crippen LogP contribution is -2.37. The molecule has 0 saturated carbocycles. The predicted molar refractivity (Wildman–Crippen MR) is 152 cm³/mol. The summed E-state index contributed by atoms with van der Waals surface area (Å²) in [6.07, 6.45) is -4.57. The van der Waals surface area contributed by atoms with Crippen LogP contribution in [0.4, 0.5) is 18.0 Å². The van der Waals surface area contributed by atoms with Gasteiger partial charge in [0.25, 0.3) is 5.91 Å². The molecular weight excluding hydrogens is 577 g/mol. The standard InChI is InChI=1S/C29H34ClF3N4O5/c1-5-37-16-24(36-26(37)17(2)34-28(40)41-4)20-8-6-19(7-9-20)14-22(12-13-38)35-27(39)21-10-11-25(23(30)15-21)42-18(3)29(31,32)33/h6-11,15-18,22,38H,5,12-14H2,1-4H3,(H,34,40)(H,35,39)/t17-,18-,22-/m1/s1. The molecule has 228 valence electrons. The number of methoxy groups -OCH3 is 1. The summed E-state index contributed by atoms with van der Waals surface area (Å²) in [5.74, 6) is 0.00656. The highest BCUT2D eigenvalue weighted by atomic mass is 35.5. The number of aliphatic hydroxyl groups is 1. The molecule has 1 heterocycles. The van der Waals surface area contributed by atoms with Gasteiger partial charge < -0.3 is 29.8 Å². The van der Waals surface area contributed by atoms with Crippen LogP contribution >= 0.6 is 11.6 Å². The average Bonchev–Trinajstić information content (AvgIpc) is 3.38. The van der Waals surface area contributed by atoms with Gasteiger partial charge in [-0.2, -0.15) is 13.2 Å². The number of hydrogen-bond donors (Lipinski definition) is 3. The van der Waals surface area contributed by atoms with Gasteiger partial charge in [0.1, 0.15) is 11.6 Å². The number of halogens is 4. The lowest BCUT2D eigenvalue weighted by Gasteiger charge is -2.20. The van der Waals surface area contributed by atoms with Gasteiger partial charge in [-0.05, 0) is 57.4 Å². The summed E-state index contributed by atoms with van der Waals surface area (Å²) in [4.78, 5) is 29.2. The predicted octanol–water partition coefficient (Wildman–Crippen LogP) is 5.69. The van der Waals surface area contributed by atoms with Crippen LogP contribution in [0.5, 0.6) is 5.75 Å². The van der Waals surface area contributed by atoms with Crippen molar-refractivity contribution >= 4 is 23.6 Å². The summed E-state index contributed by atoms with van der Waals surface area (Å²) in [6.45, 7) is 5.15. The molecule has 0 unspecified atom stereocenters. The Labute approximate surface area is 247 Å². The van der Waals surface area contributed by atoms with Crippen LogP contribution in [0.25, 0.3) is 11.3 Å². The maximum Gasteiger partial charge on any atom is 0.425 e. The maximum absolute atomic E-state index is 12.9. The van der Waals surface area contributed by atoms with Crippen LogP contribution in [0, 0.1) is 0 Å². The summed E-state index contributed by atoms with van der Waals surface area (Å²) in [6, 6.07) is 10.6. The number of aromatic nitrogens is 2. The molecule has 42 heavy (non-hydrogen) atoms. The highest BCUT2D eigenvalue weighted by Crippen LogP contribution is 2.31. The van der Waals surface area contributed by atoms with E-state index in [1.54, 1.807) is 0 Å². The first-order valence-corrected chi connectivity index (χ1v) is 13.7. The number of amides is 2. The first kappa shape index (κ1) is 32.7. The van der Waals surface area contributed by atoms with Crippen molar-refractivity contribution in [2.75, 3.05) is 13.7 Å². The zero-order chi connectivity index (χ0) is 31.0. The number of alkyl carbamates (subject to hydrolysis) is 1. The molecule has 2 amide bonds. The molecular formula is C29H34ClF3N4O5. The number of carbonyl (C=O) groups is 2. The molecule has 1 aromatic heterocycles. The summed E-state index contributed by atoms with van der Waals surface area (Å²) in [7, 11) is 1.30. The monoisotopic (exact) mass is 610 g/mol. The van der Waals surface area contributed by atoms with E-state index >= 15 is 0 Å². The molecule has 3 rings (SSSR count). The van der Waals surface area contributed by atoms with Crippen LogP contribution < -0.4 is 15.4 Å². The molecule has 9 nitrogen and oxygen atoms in total. The lowest BCUT2D eigenvalue weighted by atomic mass is 10.0. The molecule has 0 aliphatic carbocycles. The Balaban J connectivity index is 1.69. The summed E-state index contributed by atoms with van der Waals surface area (Å²) >= 11 is 6.08. The van der Waals surface area contributed by atoms with Gasteiger partial charge in [0.2, 0.25) is 0 Å². The van der Waals surface area contributed by atoms with Gasteiger partial charge in [0, 0.05) is 36.5 Å². The number of nitrogens with zero attached hydrogens (tertiary/aromatic N) is 2. The van der Waals surface area contributed by atoms with Gasteiger partial charge in [-0.25, -0.2) is 9.78 Å². The SMILES string of the molecule is CCn1cc(-c2ccc(C[C@@H](CCO)NC(=O)c3ccc(O[C@H](C)C(F)(F)F)c(Cl)c3)cc2)nc1[C@@H](C)NC(=O)OC. The van der Waals surface area contributed by atoms with Crippen LogP contribution in [-0.4, -0.2) is 58.7 Å². The van der Waals surface area contributed by atoms with E-state index in [4.69, 9.17) is 21.3 Å². The van der Waals surface area contributed by atoms with Gasteiger partial charge in [-0.1, -0.05) is 35.9 Å². The molecule has 3 aromatic rings. The minimum Gasteiger partial charge on any atom is -0.480 e. The van der Waals surface area contributed by atoms with Crippen molar-refractivity contribution < 1.29 is 37.3 Å². The Morgan fingerprint density at radius 3 is 2.38 bits per heavy atom. The van der Waals surface area contributed by atoms with E-state index in [1.165, 1.54) is 25.3 Å². The van der Waals surface area contributed by atoms with Crippen LogP contribution in [-0.2, 0) is 17.7 Å². The van der Waals surface area contributed by atoms with Gasteiger partial charge in [0.05, 0.1) is 23.9 Å². The van der Waals surface area contributed by atoms with E-state index in [1.807, 2.05) is 48.9 Å². The van der Waals surface area contributed by atoms with Crippen LogP contribution in [0.1, 0.15) is 55.0 Å². The van der Waals surface area contributed by atoms with E-state index in [9.17, 15) is 27.9 Å². The van der Waals surface area contributed by atoms with E-state index in [0.717, 1.165) is 23.7 Å². The van der Waals surface area contributed by atoms with Crippen molar-refractivity contribution in [1.29, 1.82) is 0 Å². The van der Waals surface area contributed by atoms with Gasteiger partial charge in [-0.15, -0.1) is 0 Å². The molecule has 0 aliphatic rings. The molecule has 13 heteroatoms. The largest absolute Gasteiger partial charge is 0.480 e. The fourth-order valence-corrected chi connectivity index (χ4v) is 4.43. The smallest absolute Gasteiger partial charge is 0.425 e. The maximum atomic E-state index is 12.9. The second kappa shape index (κ2) is 14.4. The van der Waals surface area contributed by atoms with Crippen molar-refractivity contribution in [3.05, 3.63) is 70.6 Å². The first-order valence-electron chi connectivity index (χ1n) is 13.3. The van der Waals surface area contributed by atoms with E-state index in [-0.39, 0.29) is 35.4 Å². The topological polar surface area (TPSA) is 115 Å². The number of carbonyl (C=O) groups excluding carboxylic acids is 2. The quantitative estimate of drug-likeness (QED) is 0.243. The van der Waals surface area contributed by atoms with E-state index < -0.39 is 30.3 Å². The Bertz CT molecular complexity index is 1360. The Hall–Kier alpha value is -3.77. The van der Waals surface area contributed by atoms with Crippen LogP contribution in [0.15, 0.2) is 48.7 Å². The minimum absolute atomic E-state index is 0.128. The Kier molecular flexibility index (Phi) is 11.2. The molecule has 0 bridgehead atoms. The zero-order valence-electron chi connectivity index (χ0n) is 23.7. The fourth-order valence-electron chi connectivity index (χ4n) is 4.21. The number of aryl methyl sites for hydroxylation is 1. The van der Waals surface area contributed by atoms with Crippen molar-refractivity contribution in [3.63, 3.8) is 0 Å². The number of aliphatic hydroxyl groups excluding tert-OH is 1. The van der Waals surface area contributed by atoms with Crippen LogP contribution in [0.2, 0.25) is 5.02 Å². The third-order valence-electron chi connectivity index (χ3n) is 6.56. The Morgan fingerprint density at radius 2 is 1.81 bits per heavy atom.